The Morgan fingerprint density at radius 1 is 1.10 bits per heavy atom. The van der Waals surface area contributed by atoms with Crippen molar-refractivity contribution in [2.45, 2.75) is 31.1 Å². The molecule has 2 aromatic rings. The molecule has 1 heterocycles. The van der Waals surface area contributed by atoms with Gasteiger partial charge in [0.25, 0.3) is 0 Å². The molecule has 0 unspecified atom stereocenters. The largest absolute Gasteiger partial charge is 0.490 e. The number of amides is 1. The number of nitrogens with zero attached hydrogens (tertiary/aromatic N) is 1. The van der Waals surface area contributed by atoms with Gasteiger partial charge in [-0.15, -0.1) is 0 Å². The molecule has 1 amide bonds. The molecule has 0 saturated carbocycles. The molecule has 0 fully saturated rings. The molecule has 1 aliphatic heterocycles. The first-order valence-electron chi connectivity index (χ1n) is 9.53. The van der Waals surface area contributed by atoms with Gasteiger partial charge in [-0.25, -0.2) is 8.42 Å². The summed E-state index contributed by atoms with van der Waals surface area (Å²) < 4.78 is 37.9. The van der Waals surface area contributed by atoms with E-state index in [0.29, 0.717) is 36.3 Å². The quantitative estimate of drug-likeness (QED) is 0.779. The van der Waals surface area contributed by atoms with E-state index in [0.717, 1.165) is 16.3 Å². The number of anilines is 1. The summed E-state index contributed by atoms with van der Waals surface area (Å²) in [4.78, 5) is 12.5. The second-order valence-electron chi connectivity index (χ2n) is 7.25. The van der Waals surface area contributed by atoms with Gasteiger partial charge in [0.05, 0.1) is 24.7 Å². The van der Waals surface area contributed by atoms with Crippen molar-refractivity contribution in [3.05, 3.63) is 48.0 Å². The van der Waals surface area contributed by atoms with Crippen LogP contribution in [0.2, 0.25) is 0 Å². The van der Waals surface area contributed by atoms with Gasteiger partial charge in [0.2, 0.25) is 15.9 Å². The SMILES string of the molecule is CC(C)c1cccc(NC(=O)CN(C)S(=O)(=O)c2ccc3c(c2)OCCCO3)c1. The van der Waals surface area contributed by atoms with Gasteiger partial charge in [-0.2, -0.15) is 4.31 Å². The summed E-state index contributed by atoms with van der Waals surface area (Å²) in [5.41, 5.74) is 1.73. The Bertz CT molecular complexity index is 988. The third-order valence-electron chi connectivity index (χ3n) is 4.63. The van der Waals surface area contributed by atoms with Crippen molar-refractivity contribution in [2.75, 3.05) is 32.1 Å². The van der Waals surface area contributed by atoms with E-state index in [1.54, 1.807) is 12.1 Å². The van der Waals surface area contributed by atoms with E-state index in [-0.39, 0.29) is 11.4 Å². The van der Waals surface area contributed by atoms with Crippen LogP contribution < -0.4 is 14.8 Å². The van der Waals surface area contributed by atoms with E-state index in [1.165, 1.54) is 19.2 Å². The lowest BCUT2D eigenvalue weighted by Crippen LogP contribution is -2.35. The molecule has 0 atom stereocenters. The Morgan fingerprint density at radius 3 is 2.55 bits per heavy atom. The van der Waals surface area contributed by atoms with Crippen LogP contribution in [0.5, 0.6) is 11.5 Å². The van der Waals surface area contributed by atoms with Gasteiger partial charge < -0.3 is 14.8 Å². The number of hydrogen-bond acceptors (Lipinski definition) is 5. The number of nitrogens with one attached hydrogen (secondary N) is 1. The Morgan fingerprint density at radius 2 is 1.83 bits per heavy atom. The number of carbonyl (C=O) groups excluding carboxylic acids is 1. The molecule has 156 valence electrons. The zero-order valence-electron chi connectivity index (χ0n) is 16.8. The van der Waals surface area contributed by atoms with Crippen LogP contribution in [0.3, 0.4) is 0 Å². The Kier molecular flexibility index (Phi) is 6.44. The van der Waals surface area contributed by atoms with Crippen molar-refractivity contribution < 1.29 is 22.7 Å². The van der Waals surface area contributed by atoms with Gasteiger partial charge in [-0.3, -0.25) is 4.79 Å². The molecule has 0 spiro atoms. The lowest BCUT2D eigenvalue weighted by atomic mass is 10.0. The number of ether oxygens (including phenoxy) is 2. The van der Waals surface area contributed by atoms with Crippen molar-refractivity contribution in [3.63, 3.8) is 0 Å². The average Bonchev–Trinajstić information content (AvgIpc) is 2.92. The van der Waals surface area contributed by atoms with Crippen LogP contribution in [0, 0.1) is 0 Å². The Balaban J connectivity index is 1.70. The fourth-order valence-corrected chi connectivity index (χ4v) is 4.09. The predicted molar refractivity (Wildman–Crippen MR) is 111 cm³/mol. The van der Waals surface area contributed by atoms with Gasteiger partial charge in [-0.05, 0) is 35.7 Å². The first-order chi connectivity index (χ1) is 13.8. The molecule has 7 nitrogen and oxygen atoms in total. The fourth-order valence-electron chi connectivity index (χ4n) is 2.95. The maximum Gasteiger partial charge on any atom is 0.243 e. The summed E-state index contributed by atoms with van der Waals surface area (Å²) in [5.74, 6) is 0.833. The zero-order chi connectivity index (χ0) is 21.0. The van der Waals surface area contributed by atoms with Crippen LogP contribution in [-0.2, 0) is 14.8 Å². The number of carbonyl (C=O) groups is 1. The summed E-state index contributed by atoms with van der Waals surface area (Å²) in [7, 11) is -2.48. The molecule has 29 heavy (non-hydrogen) atoms. The lowest BCUT2D eigenvalue weighted by molar-refractivity contribution is -0.116. The van der Waals surface area contributed by atoms with Crippen molar-refractivity contribution in [1.82, 2.24) is 4.31 Å². The molecule has 0 radical (unpaired) electrons. The number of likely N-dealkylation sites (N-methyl/N-ethyl adjacent to an activating group) is 1. The second-order valence-corrected chi connectivity index (χ2v) is 9.29. The van der Waals surface area contributed by atoms with Crippen LogP contribution in [0.1, 0.15) is 31.7 Å². The third kappa shape index (κ3) is 5.07. The summed E-state index contributed by atoms with van der Waals surface area (Å²) >= 11 is 0. The van der Waals surface area contributed by atoms with Gasteiger partial charge in [0.15, 0.2) is 11.5 Å². The minimum absolute atomic E-state index is 0.0545. The monoisotopic (exact) mass is 418 g/mol. The average molecular weight is 419 g/mol. The summed E-state index contributed by atoms with van der Waals surface area (Å²) in [6.07, 6.45) is 0.731. The first kappa shape index (κ1) is 21.1. The highest BCUT2D eigenvalue weighted by Crippen LogP contribution is 2.32. The van der Waals surface area contributed by atoms with Crippen LogP contribution in [0.25, 0.3) is 0 Å². The third-order valence-corrected chi connectivity index (χ3v) is 6.43. The smallest absolute Gasteiger partial charge is 0.243 e. The summed E-state index contributed by atoms with van der Waals surface area (Å²) in [6.45, 7) is 4.82. The number of hydrogen-bond donors (Lipinski definition) is 1. The molecule has 3 rings (SSSR count). The number of rotatable bonds is 6. The number of fused-ring (bicyclic) bond motifs is 1. The Labute approximate surface area is 171 Å². The van der Waals surface area contributed by atoms with Crippen LogP contribution in [0.4, 0.5) is 5.69 Å². The molecule has 0 aliphatic carbocycles. The molecular formula is C21H26N2O5S. The van der Waals surface area contributed by atoms with E-state index in [1.807, 2.05) is 18.2 Å². The maximum atomic E-state index is 12.9. The van der Waals surface area contributed by atoms with Crippen molar-refractivity contribution in [2.24, 2.45) is 0 Å². The van der Waals surface area contributed by atoms with E-state index in [4.69, 9.17) is 9.47 Å². The molecule has 0 bridgehead atoms. The van der Waals surface area contributed by atoms with Crippen molar-refractivity contribution in [3.8, 4) is 11.5 Å². The molecule has 1 aliphatic rings. The molecule has 0 saturated heterocycles. The molecule has 8 heteroatoms. The van der Waals surface area contributed by atoms with Gasteiger partial charge in [0.1, 0.15) is 0 Å². The second kappa shape index (κ2) is 8.84. The maximum absolute atomic E-state index is 12.9. The van der Waals surface area contributed by atoms with E-state index >= 15 is 0 Å². The molecule has 2 aromatic carbocycles. The minimum atomic E-state index is -3.86. The lowest BCUT2D eigenvalue weighted by Gasteiger charge is -2.18. The van der Waals surface area contributed by atoms with Gasteiger partial charge >= 0.3 is 0 Å². The molecule has 1 N–H and O–H groups in total. The predicted octanol–water partition coefficient (Wildman–Crippen LogP) is 3.23. The molecule has 0 aromatic heterocycles. The highest BCUT2D eigenvalue weighted by atomic mass is 32.2. The normalized spacial score (nSPS) is 14.0. The fraction of sp³-hybridized carbons (Fsp3) is 0.381. The van der Waals surface area contributed by atoms with E-state index in [9.17, 15) is 13.2 Å². The van der Waals surface area contributed by atoms with E-state index in [2.05, 4.69) is 19.2 Å². The van der Waals surface area contributed by atoms with Crippen LogP contribution >= 0.6 is 0 Å². The standard InChI is InChI=1S/C21H26N2O5S/c1-15(2)16-6-4-7-17(12-16)22-21(24)14-23(3)29(25,26)18-8-9-19-20(13-18)28-11-5-10-27-19/h4,6-9,12-13,15H,5,10-11,14H2,1-3H3,(H,22,24). The minimum Gasteiger partial charge on any atom is -0.490 e. The highest BCUT2D eigenvalue weighted by Gasteiger charge is 2.25. The topological polar surface area (TPSA) is 84.9 Å². The van der Waals surface area contributed by atoms with E-state index < -0.39 is 15.9 Å². The van der Waals surface area contributed by atoms with Gasteiger partial charge in [-0.1, -0.05) is 26.0 Å². The van der Waals surface area contributed by atoms with Crippen molar-refractivity contribution in [1.29, 1.82) is 0 Å². The van der Waals surface area contributed by atoms with Crippen LogP contribution in [-0.4, -0.2) is 45.4 Å². The zero-order valence-corrected chi connectivity index (χ0v) is 17.7. The van der Waals surface area contributed by atoms with Crippen molar-refractivity contribution >= 4 is 21.6 Å². The number of benzene rings is 2. The summed E-state index contributed by atoms with van der Waals surface area (Å²) in [5, 5.41) is 2.76. The van der Waals surface area contributed by atoms with Crippen LogP contribution in [0.15, 0.2) is 47.4 Å². The molecular weight excluding hydrogens is 392 g/mol. The summed E-state index contributed by atoms with van der Waals surface area (Å²) in [6, 6.07) is 12.0. The number of sulfonamides is 1. The Hall–Kier alpha value is -2.58. The highest BCUT2D eigenvalue weighted by molar-refractivity contribution is 7.89. The van der Waals surface area contributed by atoms with Gasteiger partial charge in [0, 0.05) is 25.2 Å². The first-order valence-corrected chi connectivity index (χ1v) is 11.0.